The highest BCUT2D eigenvalue weighted by molar-refractivity contribution is 5.90. The maximum absolute atomic E-state index is 14.1. The lowest BCUT2D eigenvalue weighted by Crippen LogP contribution is -2.61. The molecule has 7 rings (SSSR count). The van der Waals surface area contributed by atoms with Gasteiger partial charge in [0, 0.05) is 30.1 Å². The summed E-state index contributed by atoms with van der Waals surface area (Å²) in [5.74, 6) is 2.67. The van der Waals surface area contributed by atoms with Gasteiger partial charge >= 0.3 is 6.09 Å². The van der Waals surface area contributed by atoms with Gasteiger partial charge < -0.3 is 20.2 Å². The van der Waals surface area contributed by atoms with Crippen LogP contribution in [-0.2, 0) is 22.4 Å². The van der Waals surface area contributed by atoms with E-state index in [4.69, 9.17) is 15.2 Å². The van der Waals surface area contributed by atoms with Gasteiger partial charge in [-0.2, -0.15) is 0 Å². The van der Waals surface area contributed by atoms with Crippen LogP contribution in [0.4, 0.5) is 4.79 Å². The van der Waals surface area contributed by atoms with Crippen molar-refractivity contribution in [2.45, 2.75) is 63.5 Å². The van der Waals surface area contributed by atoms with Crippen molar-refractivity contribution in [1.29, 1.82) is 0 Å². The number of hydrogen-bond donors (Lipinski definition) is 2. The maximum atomic E-state index is 14.1. The average molecular weight is 530 g/mol. The summed E-state index contributed by atoms with van der Waals surface area (Å²) in [5, 5.41) is 1.02. The molecule has 1 atom stereocenters. The van der Waals surface area contributed by atoms with E-state index in [-0.39, 0.29) is 6.10 Å². The number of benzene rings is 2. The maximum Gasteiger partial charge on any atom is 0.410 e. The van der Waals surface area contributed by atoms with Crippen LogP contribution in [0.25, 0.3) is 10.9 Å². The Balaban J connectivity index is 1.28. The molecule has 2 amide bonds. The van der Waals surface area contributed by atoms with Crippen molar-refractivity contribution < 1.29 is 19.1 Å². The quantitative estimate of drug-likeness (QED) is 0.384. The number of ether oxygens (including phenoxy) is 2. The summed E-state index contributed by atoms with van der Waals surface area (Å²) in [6.45, 7) is 2.10. The molecular formula is C32H39N3O4. The number of H-pyrrole nitrogens is 1. The van der Waals surface area contributed by atoms with Gasteiger partial charge in [0.1, 0.15) is 17.4 Å². The lowest BCUT2D eigenvalue weighted by molar-refractivity contribution is -0.132. The fourth-order valence-corrected chi connectivity index (χ4v) is 7.78. The van der Waals surface area contributed by atoms with E-state index in [2.05, 4.69) is 4.98 Å². The fourth-order valence-electron chi connectivity index (χ4n) is 7.78. The number of para-hydroxylation sites is 1. The molecule has 7 nitrogen and oxygen atoms in total. The zero-order valence-electron chi connectivity index (χ0n) is 22.9. The summed E-state index contributed by atoms with van der Waals surface area (Å²) in [5.41, 5.74) is 7.83. The summed E-state index contributed by atoms with van der Waals surface area (Å²) in [6.07, 6.45) is 8.23. The van der Waals surface area contributed by atoms with Crippen LogP contribution in [0.3, 0.4) is 0 Å². The normalized spacial score (nSPS) is 26.8. The summed E-state index contributed by atoms with van der Waals surface area (Å²) in [7, 11) is 1.64. The Hall–Kier alpha value is -3.48. The Morgan fingerprint density at radius 1 is 1.00 bits per heavy atom. The highest BCUT2D eigenvalue weighted by atomic mass is 16.6. The first-order valence-corrected chi connectivity index (χ1v) is 14.3. The van der Waals surface area contributed by atoms with Gasteiger partial charge in [0.15, 0.2) is 0 Å². The average Bonchev–Trinajstić information content (AvgIpc) is 3.33. The van der Waals surface area contributed by atoms with E-state index in [9.17, 15) is 9.59 Å². The van der Waals surface area contributed by atoms with E-state index in [0.29, 0.717) is 31.2 Å². The molecule has 0 aliphatic heterocycles. The number of primary amides is 1. The third kappa shape index (κ3) is 4.88. The molecule has 0 saturated heterocycles. The smallest absolute Gasteiger partial charge is 0.410 e. The summed E-state index contributed by atoms with van der Waals surface area (Å²) >= 11 is 0. The monoisotopic (exact) mass is 529 g/mol. The van der Waals surface area contributed by atoms with Crippen LogP contribution in [0.5, 0.6) is 5.75 Å². The largest absolute Gasteiger partial charge is 0.497 e. The molecule has 0 radical (unpaired) electrons. The first kappa shape index (κ1) is 25.8. The van der Waals surface area contributed by atoms with E-state index >= 15 is 0 Å². The molecule has 4 saturated carbocycles. The summed E-state index contributed by atoms with van der Waals surface area (Å²) in [6, 6.07) is 15.8. The number of fused-ring (bicyclic) bond motifs is 1. The Kier molecular flexibility index (Phi) is 6.77. The standard InChI is InChI=1S/C32H39N3O4/c1-32(30(33)36,18-25-19-34-28-6-4-3-5-27(25)28)35(12-11-20-7-9-26(38-2)10-8-20)31(37)39-29-23-14-21-13-22(16-23)17-24(29)15-21/h3-10,19,21-24,29,34H,11-18H2,1-2H3,(H2,33,36). The number of aromatic amines is 1. The zero-order valence-corrected chi connectivity index (χ0v) is 22.9. The number of methoxy groups -OCH3 is 1. The predicted molar refractivity (Wildman–Crippen MR) is 150 cm³/mol. The molecule has 39 heavy (non-hydrogen) atoms. The number of rotatable bonds is 9. The Bertz CT molecular complexity index is 1320. The van der Waals surface area contributed by atoms with E-state index in [1.165, 1.54) is 6.42 Å². The first-order valence-electron chi connectivity index (χ1n) is 14.3. The molecule has 4 fully saturated rings. The number of nitrogens with two attached hydrogens (primary N) is 1. The number of amides is 2. The minimum atomic E-state index is -1.26. The van der Waals surface area contributed by atoms with E-state index in [0.717, 1.165) is 65.3 Å². The molecule has 1 unspecified atom stereocenters. The number of carbonyl (C=O) groups excluding carboxylic acids is 2. The van der Waals surface area contributed by atoms with Gasteiger partial charge in [0.25, 0.3) is 0 Å². The second kappa shape index (κ2) is 10.2. The van der Waals surface area contributed by atoms with Gasteiger partial charge in [-0.1, -0.05) is 30.3 Å². The molecule has 1 aromatic heterocycles. The van der Waals surface area contributed by atoms with Crippen molar-refractivity contribution in [2.75, 3.05) is 13.7 Å². The molecule has 1 heterocycles. The first-order chi connectivity index (χ1) is 18.8. The number of carbonyl (C=O) groups is 2. The molecule has 206 valence electrons. The van der Waals surface area contributed by atoms with Crippen LogP contribution < -0.4 is 10.5 Å². The zero-order chi connectivity index (χ0) is 27.1. The fraction of sp³-hybridized carbons (Fsp3) is 0.500. The van der Waals surface area contributed by atoms with Crippen molar-refractivity contribution in [3.05, 3.63) is 65.9 Å². The van der Waals surface area contributed by atoms with Crippen LogP contribution in [0.1, 0.15) is 50.2 Å². The Labute approximate surface area is 230 Å². The third-order valence-electron chi connectivity index (χ3n) is 9.72. The number of hydrogen-bond acceptors (Lipinski definition) is 4. The lowest BCUT2D eigenvalue weighted by atomic mass is 9.55. The molecule has 4 bridgehead atoms. The molecule has 4 aliphatic rings. The molecule has 0 spiro atoms. The molecule has 2 aromatic carbocycles. The van der Waals surface area contributed by atoms with Gasteiger partial charge in [-0.05, 0) is 98.4 Å². The van der Waals surface area contributed by atoms with Gasteiger partial charge in [-0.25, -0.2) is 4.79 Å². The molecule has 3 N–H and O–H groups in total. The predicted octanol–water partition coefficient (Wildman–Crippen LogP) is 5.47. The van der Waals surface area contributed by atoms with Gasteiger partial charge in [0.2, 0.25) is 5.91 Å². The molecule has 4 aliphatic carbocycles. The van der Waals surface area contributed by atoms with Crippen molar-refractivity contribution >= 4 is 22.9 Å². The number of nitrogens with zero attached hydrogens (tertiary/aromatic N) is 1. The molecular weight excluding hydrogens is 490 g/mol. The van der Waals surface area contributed by atoms with Crippen molar-refractivity contribution in [2.24, 2.45) is 29.4 Å². The minimum absolute atomic E-state index is 0.0704. The van der Waals surface area contributed by atoms with Crippen LogP contribution in [0, 0.1) is 23.7 Å². The summed E-state index contributed by atoms with van der Waals surface area (Å²) < 4.78 is 11.7. The van der Waals surface area contributed by atoms with Gasteiger partial charge in [0.05, 0.1) is 7.11 Å². The van der Waals surface area contributed by atoms with Gasteiger partial charge in [-0.3, -0.25) is 9.69 Å². The van der Waals surface area contributed by atoms with Crippen LogP contribution >= 0.6 is 0 Å². The topological polar surface area (TPSA) is 97.7 Å². The van der Waals surface area contributed by atoms with Crippen molar-refractivity contribution in [3.63, 3.8) is 0 Å². The highest BCUT2D eigenvalue weighted by Crippen LogP contribution is 2.54. The molecule has 3 aromatic rings. The van der Waals surface area contributed by atoms with Crippen LogP contribution in [-0.4, -0.2) is 47.2 Å². The van der Waals surface area contributed by atoms with Crippen molar-refractivity contribution in [1.82, 2.24) is 9.88 Å². The third-order valence-corrected chi connectivity index (χ3v) is 9.72. The number of nitrogens with one attached hydrogen (secondary N) is 1. The summed E-state index contributed by atoms with van der Waals surface area (Å²) in [4.78, 5) is 32.2. The Morgan fingerprint density at radius 2 is 1.67 bits per heavy atom. The van der Waals surface area contributed by atoms with Crippen molar-refractivity contribution in [3.8, 4) is 5.75 Å². The Morgan fingerprint density at radius 3 is 2.31 bits per heavy atom. The highest BCUT2D eigenvalue weighted by Gasteiger charge is 2.51. The minimum Gasteiger partial charge on any atom is -0.497 e. The van der Waals surface area contributed by atoms with E-state index < -0.39 is 17.5 Å². The lowest BCUT2D eigenvalue weighted by Gasteiger charge is -2.54. The van der Waals surface area contributed by atoms with E-state index in [1.54, 1.807) is 18.9 Å². The van der Waals surface area contributed by atoms with Crippen LogP contribution in [0.15, 0.2) is 54.7 Å². The second-order valence-electron chi connectivity index (χ2n) is 12.2. The SMILES string of the molecule is COc1ccc(CCN(C(=O)OC2C3CC4CC(C3)CC2C4)C(C)(Cc2c[nH]c3ccccc23)C(N)=O)cc1. The van der Waals surface area contributed by atoms with Crippen LogP contribution in [0.2, 0.25) is 0 Å². The number of aromatic nitrogens is 1. The van der Waals surface area contributed by atoms with E-state index in [1.807, 2.05) is 54.7 Å². The second-order valence-corrected chi connectivity index (χ2v) is 12.2. The van der Waals surface area contributed by atoms with Gasteiger partial charge in [-0.15, -0.1) is 0 Å². The molecule has 7 heteroatoms.